The first kappa shape index (κ1) is 31.0. The van der Waals surface area contributed by atoms with Gasteiger partial charge in [0.25, 0.3) is 0 Å². The third-order valence-electron chi connectivity index (χ3n) is 4.37. The van der Waals surface area contributed by atoms with Crippen LogP contribution in [0.3, 0.4) is 0 Å². The van der Waals surface area contributed by atoms with Gasteiger partial charge in [0, 0.05) is 23.3 Å². The fourth-order valence-corrected chi connectivity index (χ4v) is 2.73. The van der Waals surface area contributed by atoms with E-state index >= 15 is 0 Å². The van der Waals surface area contributed by atoms with Crippen molar-refractivity contribution in [2.24, 2.45) is 5.41 Å². The molecular weight excluding hydrogens is 460 g/mol. The summed E-state index contributed by atoms with van der Waals surface area (Å²) in [6, 6.07) is 0. The molecule has 188 valence electrons. The van der Waals surface area contributed by atoms with Crippen LogP contribution in [0.2, 0.25) is 0 Å². The third kappa shape index (κ3) is 16.6. The van der Waals surface area contributed by atoms with E-state index in [1.165, 1.54) is 0 Å². The van der Waals surface area contributed by atoms with E-state index in [2.05, 4.69) is 25.3 Å². The van der Waals surface area contributed by atoms with Crippen molar-refractivity contribution in [3.8, 4) is 0 Å². The maximum atomic E-state index is 11.4. The molecule has 0 fully saturated rings. The van der Waals surface area contributed by atoms with E-state index in [0.717, 1.165) is 0 Å². The molecule has 0 spiro atoms. The minimum absolute atomic E-state index is 0.155. The summed E-state index contributed by atoms with van der Waals surface area (Å²) in [5, 5.41) is 0. The Morgan fingerprint density at radius 3 is 1.31 bits per heavy atom. The van der Waals surface area contributed by atoms with Crippen LogP contribution in [0.4, 0.5) is 0 Å². The van der Waals surface area contributed by atoms with Crippen molar-refractivity contribution < 1.29 is 42.8 Å². The molecule has 9 nitrogen and oxygen atoms in total. The van der Waals surface area contributed by atoms with Crippen LogP contribution in [0, 0.1) is 5.41 Å². The quantitative estimate of drug-likeness (QED) is 0.106. The molecule has 0 aromatic rings. The van der Waals surface area contributed by atoms with Crippen molar-refractivity contribution >= 4 is 43.2 Å². The van der Waals surface area contributed by atoms with Gasteiger partial charge in [-0.25, -0.2) is 0 Å². The molecule has 0 aliphatic rings. The molecule has 0 radical (unpaired) electrons. The zero-order chi connectivity index (χ0) is 24.1. The molecule has 0 amide bonds. The largest absolute Gasteiger partial charge is 0.463 e. The van der Waals surface area contributed by atoms with E-state index in [1.54, 1.807) is 6.92 Å². The van der Waals surface area contributed by atoms with Gasteiger partial charge in [0.05, 0.1) is 52.5 Å². The van der Waals surface area contributed by atoms with Crippen LogP contribution in [0.25, 0.3) is 0 Å². The van der Waals surface area contributed by atoms with Gasteiger partial charge in [-0.2, -0.15) is 25.3 Å². The van der Waals surface area contributed by atoms with Gasteiger partial charge >= 0.3 is 17.9 Å². The molecule has 0 aliphatic carbocycles. The Morgan fingerprint density at radius 2 is 1.00 bits per heavy atom. The summed E-state index contributed by atoms with van der Waals surface area (Å²) in [4.78, 5) is 34.0. The molecule has 0 rings (SSSR count). The van der Waals surface area contributed by atoms with E-state index in [9.17, 15) is 14.4 Å². The van der Waals surface area contributed by atoms with Gasteiger partial charge in [0.2, 0.25) is 0 Å². The topological polar surface area (TPSA) is 107 Å². The fourth-order valence-electron chi connectivity index (χ4n) is 2.37. The lowest BCUT2D eigenvalue weighted by atomic mass is 9.88. The molecule has 32 heavy (non-hydrogen) atoms. The van der Waals surface area contributed by atoms with E-state index < -0.39 is 5.41 Å². The van der Waals surface area contributed by atoms with Crippen molar-refractivity contribution in [3.05, 3.63) is 0 Å². The molecule has 0 aromatic heterocycles. The Kier molecular flexibility index (Phi) is 19.9. The molecule has 11 heteroatoms. The molecule has 0 bridgehead atoms. The van der Waals surface area contributed by atoms with Gasteiger partial charge in [-0.3, -0.25) is 14.4 Å². The summed E-state index contributed by atoms with van der Waals surface area (Å²) < 4.78 is 32.3. The summed E-state index contributed by atoms with van der Waals surface area (Å²) >= 11 is 7.98. The molecule has 0 aliphatic heterocycles. The number of hydrogen-bond donors (Lipinski definition) is 2. The second kappa shape index (κ2) is 20.6. The molecule has 0 unspecified atom stereocenters. The third-order valence-corrected chi connectivity index (χ3v) is 4.81. The molecule has 0 aromatic carbocycles. The lowest BCUT2D eigenvalue weighted by Crippen LogP contribution is -2.38. The average molecular weight is 499 g/mol. The van der Waals surface area contributed by atoms with Gasteiger partial charge in [0.1, 0.15) is 19.8 Å². The predicted octanol–water partition coefficient (Wildman–Crippen LogP) is 2.11. The van der Waals surface area contributed by atoms with Crippen molar-refractivity contribution in [3.63, 3.8) is 0 Å². The predicted molar refractivity (Wildman–Crippen MR) is 125 cm³/mol. The highest BCUT2D eigenvalue weighted by Crippen LogP contribution is 2.24. The lowest BCUT2D eigenvalue weighted by Gasteiger charge is -2.32. The molecule has 0 saturated carbocycles. The molecule has 0 N–H and O–H groups in total. The van der Waals surface area contributed by atoms with Crippen molar-refractivity contribution in [2.75, 3.05) is 71.0 Å². The Labute approximate surface area is 202 Å². The van der Waals surface area contributed by atoms with Crippen LogP contribution < -0.4 is 0 Å². The van der Waals surface area contributed by atoms with Crippen LogP contribution in [-0.2, 0) is 42.8 Å². The average Bonchev–Trinajstić information content (AvgIpc) is 2.78. The van der Waals surface area contributed by atoms with Crippen LogP contribution in [0.15, 0.2) is 0 Å². The number of carbonyl (C=O) groups excluding carboxylic acids is 3. The SMILES string of the molecule is CCC(=O)OCCOCC(CC)(COCCOC(=O)CCS)COCCOC(=O)CCS. The summed E-state index contributed by atoms with van der Waals surface area (Å²) in [6.45, 7) is 5.93. The molecule has 0 heterocycles. The smallest absolute Gasteiger partial charge is 0.306 e. The van der Waals surface area contributed by atoms with Gasteiger partial charge in [0.15, 0.2) is 0 Å². The minimum Gasteiger partial charge on any atom is -0.463 e. The number of carbonyl (C=O) groups is 3. The maximum Gasteiger partial charge on any atom is 0.306 e. The van der Waals surface area contributed by atoms with Crippen LogP contribution in [0.1, 0.15) is 39.5 Å². The lowest BCUT2D eigenvalue weighted by molar-refractivity contribution is -0.147. The number of ether oxygens (including phenoxy) is 6. The monoisotopic (exact) mass is 498 g/mol. The van der Waals surface area contributed by atoms with Crippen LogP contribution >= 0.6 is 25.3 Å². The molecule has 0 atom stereocenters. The summed E-state index contributed by atoms with van der Waals surface area (Å²) in [5.74, 6) is -0.0328. The molecular formula is C21H38O9S2. The first-order chi connectivity index (χ1) is 15.4. The first-order valence-electron chi connectivity index (χ1n) is 10.8. The number of esters is 3. The van der Waals surface area contributed by atoms with Gasteiger partial charge in [-0.1, -0.05) is 13.8 Å². The Morgan fingerprint density at radius 1 is 0.625 bits per heavy atom. The highest BCUT2D eigenvalue weighted by molar-refractivity contribution is 7.80. The minimum atomic E-state index is -0.459. The number of rotatable bonds is 21. The van der Waals surface area contributed by atoms with E-state index in [4.69, 9.17) is 28.4 Å². The van der Waals surface area contributed by atoms with E-state index in [1.807, 2.05) is 6.92 Å². The first-order valence-corrected chi connectivity index (χ1v) is 12.1. The highest BCUT2D eigenvalue weighted by Gasteiger charge is 2.30. The van der Waals surface area contributed by atoms with Crippen molar-refractivity contribution in [1.29, 1.82) is 0 Å². The van der Waals surface area contributed by atoms with Gasteiger partial charge < -0.3 is 28.4 Å². The zero-order valence-corrected chi connectivity index (χ0v) is 21.0. The normalized spacial score (nSPS) is 11.2. The number of thiol groups is 2. The second-order valence-corrected chi connectivity index (χ2v) is 7.87. The fraction of sp³-hybridized carbons (Fsp3) is 0.857. The van der Waals surface area contributed by atoms with Gasteiger partial charge in [-0.15, -0.1) is 0 Å². The maximum absolute atomic E-state index is 11.4. The Bertz CT molecular complexity index is 489. The van der Waals surface area contributed by atoms with E-state index in [0.29, 0.717) is 44.2 Å². The Balaban J connectivity index is 4.49. The van der Waals surface area contributed by atoms with Crippen LogP contribution in [-0.4, -0.2) is 88.9 Å². The summed E-state index contributed by atoms with van der Waals surface area (Å²) in [6.07, 6.45) is 1.52. The van der Waals surface area contributed by atoms with Crippen molar-refractivity contribution in [1.82, 2.24) is 0 Å². The Hall–Kier alpha value is -1.01. The van der Waals surface area contributed by atoms with Gasteiger partial charge in [-0.05, 0) is 6.42 Å². The zero-order valence-electron chi connectivity index (χ0n) is 19.2. The highest BCUT2D eigenvalue weighted by atomic mass is 32.1. The summed E-state index contributed by atoms with van der Waals surface area (Å²) in [7, 11) is 0. The number of hydrogen-bond acceptors (Lipinski definition) is 11. The standard InChI is InChI=1S/C21H38O9S2/c1-3-18(22)28-10-7-25-15-21(4-2,16-26-8-11-29-19(23)5-13-31)17-27-9-12-30-20(24)6-14-32/h31-32H,3-17H2,1-2H3. The summed E-state index contributed by atoms with van der Waals surface area (Å²) in [5.41, 5.74) is -0.459. The van der Waals surface area contributed by atoms with Crippen molar-refractivity contribution in [2.45, 2.75) is 39.5 Å². The van der Waals surface area contributed by atoms with E-state index in [-0.39, 0.29) is 70.4 Å². The molecule has 0 saturated heterocycles. The second-order valence-electron chi connectivity index (χ2n) is 6.97. The van der Waals surface area contributed by atoms with Crippen LogP contribution in [0.5, 0.6) is 0 Å².